The third-order valence-corrected chi connectivity index (χ3v) is 4.19. The number of ether oxygens (including phenoxy) is 3. The average molecular weight is 357 g/mol. The van der Waals surface area contributed by atoms with Crippen LogP contribution in [0.4, 0.5) is 0 Å². The number of rotatable bonds is 5. The number of carbonyl (C=O) groups excluding carboxylic acids is 1. The Morgan fingerprint density at radius 2 is 1.76 bits per heavy atom. The highest BCUT2D eigenvalue weighted by atomic mass is 35.5. The van der Waals surface area contributed by atoms with Crippen LogP contribution in [-0.4, -0.2) is 20.2 Å². The van der Waals surface area contributed by atoms with Gasteiger partial charge in [0.05, 0.1) is 24.8 Å². The molecule has 128 valence electrons. The molecular weight excluding hydrogens is 340 g/mol. The van der Waals surface area contributed by atoms with E-state index in [-0.39, 0.29) is 6.61 Å². The molecule has 0 saturated heterocycles. The van der Waals surface area contributed by atoms with Crippen molar-refractivity contribution in [1.82, 2.24) is 0 Å². The molecule has 0 spiro atoms. The van der Waals surface area contributed by atoms with E-state index in [1.807, 2.05) is 42.5 Å². The third-order valence-electron chi connectivity index (χ3n) is 3.91. The van der Waals surface area contributed by atoms with E-state index in [1.165, 1.54) is 20.3 Å². The standard InChI is InChI=1S/C20H17ClO4/c1-23-18-11-15(10-17(21)19(18)24-2)20(22)25-12-14-8-5-7-13-6-3-4-9-16(13)14/h3-11H,12H2,1-2H3. The van der Waals surface area contributed by atoms with Gasteiger partial charge in [-0.05, 0) is 28.5 Å². The van der Waals surface area contributed by atoms with Crippen LogP contribution in [0.2, 0.25) is 5.02 Å². The largest absolute Gasteiger partial charge is 0.493 e. The van der Waals surface area contributed by atoms with Gasteiger partial charge in [0.25, 0.3) is 0 Å². The van der Waals surface area contributed by atoms with Crippen LogP contribution >= 0.6 is 11.6 Å². The molecule has 0 heterocycles. The molecule has 0 saturated carbocycles. The van der Waals surface area contributed by atoms with E-state index in [0.29, 0.717) is 22.1 Å². The molecule has 4 nitrogen and oxygen atoms in total. The normalized spacial score (nSPS) is 10.5. The minimum atomic E-state index is -0.476. The fourth-order valence-corrected chi connectivity index (χ4v) is 2.97. The summed E-state index contributed by atoms with van der Waals surface area (Å²) in [6.07, 6.45) is 0. The number of methoxy groups -OCH3 is 2. The second kappa shape index (κ2) is 7.45. The fraction of sp³-hybridized carbons (Fsp3) is 0.150. The summed E-state index contributed by atoms with van der Waals surface area (Å²) < 4.78 is 15.8. The molecule has 3 rings (SSSR count). The lowest BCUT2D eigenvalue weighted by atomic mass is 10.1. The Morgan fingerprint density at radius 1 is 1.00 bits per heavy atom. The van der Waals surface area contributed by atoms with E-state index in [9.17, 15) is 4.79 Å². The van der Waals surface area contributed by atoms with Gasteiger partial charge in [-0.15, -0.1) is 0 Å². The van der Waals surface area contributed by atoms with Gasteiger partial charge in [0.2, 0.25) is 0 Å². The number of hydrogen-bond donors (Lipinski definition) is 0. The zero-order valence-electron chi connectivity index (χ0n) is 13.9. The lowest BCUT2D eigenvalue weighted by Crippen LogP contribution is -2.06. The number of hydrogen-bond acceptors (Lipinski definition) is 4. The first-order valence-electron chi connectivity index (χ1n) is 7.69. The zero-order chi connectivity index (χ0) is 17.8. The number of fused-ring (bicyclic) bond motifs is 1. The number of halogens is 1. The van der Waals surface area contributed by atoms with Gasteiger partial charge in [-0.1, -0.05) is 54.1 Å². The quantitative estimate of drug-likeness (QED) is 0.612. The topological polar surface area (TPSA) is 44.8 Å². The molecule has 0 N–H and O–H groups in total. The van der Waals surface area contributed by atoms with E-state index in [0.717, 1.165) is 16.3 Å². The van der Waals surface area contributed by atoms with Crippen LogP contribution in [0.3, 0.4) is 0 Å². The maximum absolute atomic E-state index is 12.4. The molecule has 0 unspecified atom stereocenters. The van der Waals surface area contributed by atoms with Gasteiger partial charge >= 0.3 is 5.97 Å². The van der Waals surface area contributed by atoms with E-state index in [1.54, 1.807) is 6.07 Å². The van der Waals surface area contributed by atoms with Crippen molar-refractivity contribution in [1.29, 1.82) is 0 Å². The highest BCUT2D eigenvalue weighted by molar-refractivity contribution is 6.32. The number of esters is 1. The molecule has 0 bridgehead atoms. The van der Waals surface area contributed by atoms with Crippen LogP contribution in [-0.2, 0) is 11.3 Å². The first-order chi connectivity index (χ1) is 12.1. The van der Waals surface area contributed by atoms with Gasteiger partial charge < -0.3 is 14.2 Å². The van der Waals surface area contributed by atoms with Crippen molar-refractivity contribution in [2.45, 2.75) is 6.61 Å². The van der Waals surface area contributed by atoms with E-state index in [4.69, 9.17) is 25.8 Å². The van der Waals surface area contributed by atoms with Crippen molar-refractivity contribution in [3.63, 3.8) is 0 Å². The molecular formula is C20H17ClO4. The predicted molar refractivity (Wildman–Crippen MR) is 97.6 cm³/mol. The SMILES string of the molecule is COc1cc(C(=O)OCc2cccc3ccccc23)cc(Cl)c1OC. The maximum Gasteiger partial charge on any atom is 0.338 e. The molecule has 0 amide bonds. The number of carbonyl (C=O) groups is 1. The van der Waals surface area contributed by atoms with Gasteiger partial charge in [0.1, 0.15) is 6.61 Å². The Balaban J connectivity index is 1.82. The Bertz CT molecular complexity index is 915. The first kappa shape index (κ1) is 17.1. The van der Waals surface area contributed by atoms with Crippen LogP contribution in [0.15, 0.2) is 54.6 Å². The van der Waals surface area contributed by atoms with Crippen LogP contribution in [0.1, 0.15) is 15.9 Å². The summed E-state index contributed by atoms with van der Waals surface area (Å²) in [5.41, 5.74) is 1.25. The second-order valence-corrected chi connectivity index (χ2v) is 5.82. The van der Waals surface area contributed by atoms with Gasteiger partial charge in [-0.25, -0.2) is 4.79 Å². The maximum atomic E-state index is 12.4. The van der Waals surface area contributed by atoms with Crippen LogP contribution in [0, 0.1) is 0 Å². The van der Waals surface area contributed by atoms with Crippen LogP contribution < -0.4 is 9.47 Å². The average Bonchev–Trinajstić information content (AvgIpc) is 2.65. The third kappa shape index (κ3) is 3.54. The molecule has 25 heavy (non-hydrogen) atoms. The summed E-state index contributed by atoms with van der Waals surface area (Å²) in [4.78, 5) is 12.4. The molecule has 0 aromatic heterocycles. The first-order valence-corrected chi connectivity index (χ1v) is 8.07. The molecule has 0 fully saturated rings. The van der Waals surface area contributed by atoms with Crippen molar-refractivity contribution in [3.05, 3.63) is 70.7 Å². The van der Waals surface area contributed by atoms with Crippen molar-refractivity contribution in [2.75, 3.05) is 14.2 Å². The lowest BCUT2D eigenvalue weighted by Gasteiger charge is -2.12. The summed E-state index contributed by atoms with van der Waals surface area (Å²) in [5, 5.41) is 2.45. The van der Waals surface area contributed by atoms with Crippen LogP contribution in [0.5, 0.6) is 11.5 Å². The van der Waals surface area contributed by atoms with Crippen molar-refractivity contribution in [2.24, 2.45) is 0 Å². The minimum absolute atomic E-state index is 0.173. The van der Waals surface area contributed by atoms with Gasteiger partial charge in [0.15, 0.2) is 11.5 Å². The Kier molecular flexibility index (Phi) is 5.10. The highest BCUT2D eigenvalue weighted by Gasteiger charge is 2.16. The molecule has 0 radical (unpaired) electrons. The molecule has 0 aliphatic heterocycles. The second-order valence-electron chi connectivity index (χ2n) is 5.41. The predicted octanol–water partition coefficient (Wildman–Crippen LogP) is 4.87. The van der Waals surface area contributed by atoms with Crippen molar-refractivity contribution >= 4 is 28.3 Å². The summed E-state index contributed by atoms with van der Waals surface area (Å²) in [6, 6.07) is 16.9. The Labute approximate surface area is 150 Å². The Morgan fingerprint density at radius 3 is 2.52 bits per heavy atom. The molecule has 0 atom stereocenters. The van der Waals surface area contributed by atoms with E-state index in [2.05, 4.69) is 0 Å². The molecule has 3 aromatic carbocycles. The lowest BCUT2D eigenvalue weighted by molar-refractivity contribution is 0.0474. The smallest absolute Gasteiger partial charge is 0.338 e. The van der Waals surface area contributed by atoms with Gasteiger partial charge in [-0.3, -0.25) is 0 Å². The molecule has 3 aromatic rings. The van der Waals surface area contributed by atoms with E-state index < -0.39 is 5.97 Å². The van der Waals surface area contributed by atoms with E-state index >= 15 is 0 Å². The molecule has 5 heteroatoms. The monoisotopic (exact) mass is 356 g/mol. The summed E-state index contributed by atoms with van der Waals surface area (Å²) in [7, 11) is 2.97. The fourth-order valence-electron chi connectivity index (χ4n) is 2.68. The summed E-state index contributed by atoms with van der Waals surface area (Å²) in [5.74, 6) is 0.290. The summed E-state index contributed by atoms with van der Waals surface area (Å²) >= 11 is 6.14. The summed E-state index contributed by atoms with van der Waals surface area (Å²) in [6.45, 7) is 0.173. The Hall–Kier alpha value is -2.72. The minimum Gasteiger partial charge on any atom is -0.493 e. The van der Waals surface area contributed by atoms with Crippen molar-refractivity contribution < 1.29 is 19.0 Å². The van der Waals surface area contributed by atoms with Gasteiger partial charge in [-0.2, -0.15) is 0 Å². The highest BCUT2D eigenvalue weighted by Crippen LogP contribution is 2.36. The molecule has 0 aliphatic carbocycles. The van der Waals surface area contributed by atoms with Crippen molar-refractivity contribution in [3.8, 4) is 11.5 Å². The van der Waals surface area contributed by atoms with Gasteiger partial charge in [0, 0.05) is 0 Å². The van der Waals surface area contributed by atoms with Crippen LogP contribution in [0.25, 0.3) is 10.8 Å². The number of benzene rings is 3. The zero-order valence-corrected chi connectivity index (χ0v) is 14.7. The molecule has 0 aliphatic rings.